The number of rotatable bonds is 3. The minimum absolute atomic E-state index is 0.712. The fourth-order valence-electron chi connectivity index (χ4n) is 2.11. The Morgan fingerprint density at radius 1 is 1.50 bits per heavy atom. The lowest BCUT2D eigenvalue weighted by molar-refractivity contribution is 0.584. The van der Waals surface area contributed by atoms with E-state index in [0.717, 1.165) is 0 Å². The topological polar surface area (TPSA) is 12.9 Å². The van der Waals surface area contributed by atoms with Crippen molar-refractivity contribution in [1.82, 2.24) is 4.98 Å². The highest BCUT2D eigenvalue weighted by atomic mass is 14.7. The summed E-state index contributed by atoms with van der Waals surface area (Å²) in [7, 11) is 0. The van der Waals surface area contributed by atoms with E-state index in [9.17, 15) is 0 Å². The summed E-state index contributed by atoms with van der Waals surface area (Å²) in [5, 5.41) is 0. The van der Waals surface area contributed by atoms with Gasteiger partial charge in [0.2, 0.25) is 0 Å². The second kappa shape index (κ2) is 4.41. The smallest absolute Gasteiger partial charge is 0.0661 e. The lowest BCUT2D eigenvalue weighted by Gasteiger charge is -2.20. The largest absolute Gasteiger partial charge is 0.257 e. The van der Waals surface area contributed by atoms with E-state index in [-0.39, 0.29) is 0 Å². The molecule has 0 saturated heterocycles. The Kier molecular flexibility index (Phi) is 2.97. The standard InChI is InChI=1S/C13H17N/c1-2-3-6-11-7-4-9-13-12(11)8-5-10-14-13/h4-5,8-11H,2-3,6-7H2,1H3/t11-/m0/s1. The molecule has 0 fully saturated rings. The molecule has 0 bridgehead atoms. The Labute approximate surface area is 85.9 Å². The van der Waals surface area contributed by atoms with Gasteiger partial charge >= 0.3 is 0 Å². The van der Waals surface area contributed by atoms with E-state index in [4.69, 9.17) is 0 Å². The molecule has 1 heteroatoms. The van der Waals surface area contributed by atoms with Gasteiger partial charge in [0.1, 0.15) is 0 Å². The summed E-state index contributed by atoms with van der Waals surface area (Å²) in [6.45, 7) is 2.25. The Morgan fingerprint density at radius 2 is 2.43 bits per heavy atom. The molecular weight excluding hydrogens is 170 g/mol. The Hall–Kier alpha value is -1.11. The highest BCUT2D eigenvalue weighted by molar-refractivity contribution is 5.53. The van der Waals surface area contributed by atoms with Gasteiger partial charge in [-0.3, -0.25) is 4.98 Å². The number of allylic oxidation sites excluding steroid dienone is 1. The van der Waals surface area contributed by atoms with E-state index >= 15 is 0 Å². The lowest BCUT2D eigenvalue weighted by Crippen LogP contribution is -2.05. The molecule has 2 rings (SSSR count). The van der Waals surface area contributed by atoms with E-state index in [2.05, 4.69) is 36.2 Å². The van der Waals surface area contributed by atoms with Gasteiger partial charge in [0.05, 0.1) is 5.69 Å². The van der Waals surface area contributed by atoms with Crippen molar-refractivity contribution >= 4 is 6.08 Å². The van der Waals surface area contributed by atoms with Crippen LogP contribution in [0.15, 0.2) is 24.4 Å². The normalized spacial score (nSPS) is 19.4. The fraction of sp³-hybridized carbons (Fsp3) is 0.462. The van der Waals surface area contributed by atoms with Crippen LogP contribution in [-0.2, 0) is 0 Å². The van der Waals surface area contributed by atoms with Gasteiger partial charge in [-0.1, -0.05) is 31.9 Å². The first-order valence-corrected chi connectivity index (χ1v) is 5.53. The van der Waals surface area contributed by atoms with Gasteiger partial charge in [-0.05, 0) is 36.5 Å². The molecule has 1 aliphatic rings. The number of unbranched alkanes of at least 4 members (excludes halogenated alkanes) is 1. The van der Waals surface area contributed by atoms with Crippen molar-refractivity contribution in [1.29, 1.82) is 0 Å². The van der Waals surface area contributed by atoms with Gasteiger partial charge in [0, 0.05) is 6.20 Å². The summed E-state index contributed by atoms with van der Waals surface area (Å²) < 4.78 is 0. The second-order valence-corrected chi connectivity index (χ2v) is 3.96. The summed E-state index contributed by atoms with van der Waals surface area (Å²) in [6, 6.07) is 4.28. The van der Waals surface area contributed by atoms with Gasteiger partial charge in [-0.25, -0.2) is 0 Å². The summed E-state index contributed by atoms with van der Waals surface area (Å²) in [5.74, 6) is 0.712. The molecule has 1 aromatic heterocycles. The summed E-state index contributed by atoms with van der Waals surface area (Å²) in [6.07, 6.45) is 11.4. The third-order valence-corrected chi connectivity index (χ3v) is 2.91. The molecular formula is C13H17N. The van der Waals surface area contributed by atoms with Gasteiger partial charge in [0.15, 0.2) is 0 Å². The van der Waals surface area contributed by atoms with Gasteiger partial charge in [-0.15, -0.1) is 0 Å². The van der Waals surface area contributed by atoms with E-state index < -0.39 is 0 Å². The molecule has 1 atom stereocenters. The molecule has 0 unspecified atom stereocenters. The first kappa shape index (κ1) is 9.45. The highest BCUT2D eigenvalue weighted by Gasteiger charge is 2.16. The maximum Gasteiger partial charge on any atom is 0.0661 e. The summed E-state index contributed by atoms with van der Waals surface area (Å²) in [5.41, 5.74) is 2.63. The van der Waals surface area contributed by atoms with E-state index in [1.54, 1.807) is 0 Å². The Morgan fingerprint density at radius 3 is 3.29 bits per heavy atom. The van der Waals surface area contributed by atoms with E-state index in [1.807, 2.05) is 6.20 Å². The van der Waals surface area contributed by atoms with Crippen molar-refractivity contribution in [3.63, 3.8) is 0 Å². The van der Waals surface area contributed by atoms with Gasteiger partial charge < -0.3 is 0 Å². The van der Waals surface area contributed by atoms with Crippen LogP contribution in [0.4, 0.5) is 0 Å². The summed E-state index contributed by atoms with van der Waals surface area (Å²) >= 11 is 0. The zero-order chi connectivity index (χ0) is 9.80. The van der Waals surface area contributed by atoms with Crippen LogP contribution in [0.3, 0.4) is 0 Å². The Bertz CT molecular complexity index is 328. The van der Waals surface area contributed by atoms with E-state index in [0.29, 0.717) is 5.92 Å². The maximum absolute atomic E-state index is 4.39. The van der Waals surface area contributed by atoms with Crippen LogP contribution in [0.5, 0.6) is 0 Å². The summed E-state index contributed by atoms with van der Waals surface area (Å²) in [4.78, 5) is 4.39. The van der Waals surface area contributed by atoms with Crippen LogP contribution >= 0.6 is 0 Å². The number of hydrogen-bond donors (Lipinski definition) is 0. The molecule has 0 spiro atoms. The molecule has 0 aromatic carbocycles. The first-order valence-electron chi connectivity index (χ1n) is 5.53. The van der Waals surface area contributed by atoms with Crippen LogP contribution in [0, 0.1) is 0 Å². The molecule has 1 heterocycles. The van der Waals surface area contributed by atoms with E-state index in [1.165, 1.54) is 36.9 Å². The van der Waals surface area contributed by atoms with Crippen LogP contribution < -0.4 is 0 Å². The van der Waals surface area contributed by atoms with Crippen LogP contribution in [-0.4, -0.2) is 4.98 Å². The monoisotopic (exact) mass is 187 g/mol. The third-order valence-electron chi connectivity index (χ3n) is 2.91. The van der Waals surface area contributed by atoms with Gasteiger partial charge in [-0.2, -0.15) is 0 Å². The molecule has 0 saturated carbocycles. The van der Waals surface area contributed by atoms with Crippen molar-refractivity contribution in [2.24, 2.45) is 0 Å². The average Bonchev–Trinajstić information content (AvgIpc) is 2.26. The maximum atomic E-state index is 4.39. The molecule has 74 valence electrons. The quantitative estimate of drug-likeness (QED) is 0.702. The number of pyridine rings is 1. The van der Waals surface area contributed by atoms with Crippen LogP contribution in [0.2, 0.25) is 0 Å². The minimum Gasteiger partial charge on any atom is -0.257 e. The average molecular weight is 187 g/mol. The zero-order valence-corrected chi connectivity index (χ0v) is 8.74. The number of aromatic nitrogens is 1. The van der Waals surface area contributed by atoms with Crippen molar-refractivity contribution in [3.8, 4) is 0 Å². The molecule has 0 N–H and O–H groups in total. The minimum atomic E-state index is 0.712. The van der Waals surface area contributed by atoms with Gasteiger partial charge in [0.25, 0.3) is 0 Å². The molecule has 1 aliphatic carbocycles. The molecule has 0 amide bonds. The molecule has 14 heavy (non-hydrogen) atoms. The van der Waals surface area contributed by atoms with Crippen molar-refractivity contribution in [2.75, 3.05) is 0 Å². The zero-order valence-electron chi connectivity index (χ0n) is 8.74. The van der Waals surface area contributed by atoms with Crippen LogP contribution in [0.25, 0.3) is 6.08 Å². The van der Waals surface area contributed by atoms with Crippen molar-refractivity contribution < 1.29 is 0 Å². The second-order valence-electron chi connectivity index (χ2n) is 3.96. The lowest BCUT2D eigenvalue weighted by atomic mass is 9.86. The Balaban J connectivity index is 2.18. The predicted octanol–water partition coefficient (Wildman–Crippen LogP) is 3.77. The fourth-order valence-corrected chi connectivity index (χ4v) is 2.11. The third kappa shape index (κ3) is 1.87. The molecule has 1 aromatic rings. The van der Waals surface area contributed by atoms with Crippen LogP contribution in [0.1, 0.15) is 49.8 Å². The molecule has 1 nitrogen and oxygen atoms in total. The number of hydrogen-bond acceptors (Lipinski definition) is 1. The number of fused-ring (bicyclic) bond motifs is 1. The SMILES string of the molecule is CCCC[C@H]1CC=Cc2ncccc21. The molecule has 0 aliphatic heterocycles. The highest BCUT2D eigenvalue weighted by Crippen LogP contribution is 2.31. The van der Waals surface area contributed by atoms with Crippen molar-refractivity contribution in [3.05, 3.63) is 35.7 Å². The molecule has 0 radical (unpaired) electrons. The number of nitrogens with zero attached hydrogens (tertiary/aromatic N) is 1. The first-order chi connectivity index (χ1) is 6.92. The van der Waals surface area contributed by atoms with Crippen molar-refractivity contribution in [2.45, 2.75) is 38.5 Å². The predicted molar refractivity (Wildman–Crippen MR) is 60.2 cm³/mol.